The number of likely N-dealkylation sites (tertiary alicyclic amines) is 1. The molecule has 3 rings (SSSR count). The number of piperidine rings is 1. The Bertz CT molecular complexity index is 749. The first-order valence-corrected chi connectivity index (χ1v) is 10.4. The highest BCUT2D eigenvalue weighted by Gasteiger charge is 2.29. The lowest BCUT2D eigenvalue weighted by molar-refractivity contribution is -0.132. The SMILES string of the molecule is CN1C[C@@H](NS(=O)(=O)c2cc(Cl)ccc2OCCC2CC2)CCC1=O. The van der Waals surface area contributed by atoms with Crippen molar-refractivity contribution in [2.45, 2.75) is 43.0 Å². The predicted molar refractivity (Wildman–Crippen MR) is 95.3 cm³/mol. The number of hydrogen-bond acceptors (Lipinski definition) is 4. The van der Waals surface area contributed by atoms with E-state index in [2.05, 4.69) is 4.72 Å². The third kappa shape index (κ3) is 4.86. The van der Waals surface area contributed by atoms with Crippen LogP contribution in [0.4, 0.5) is 0 Å². The average molecular weight is 387 g/mol. The number of hydrogen-bond donors (Lipinski definition) is 1. The topological polar surface area (TPSA) is 75.7 Å². The number of likely N-dealkylation sites (N-methyl/N-ethyl adjacent to an activating group) is 1. The van der Waals surface area contributed by atoms with Crippen molar-refractivity contribution in [3.05, 3.63) is 23.2 Å². The van der Waals surface area contributed by atoms with Gasteiger partial charge < -0.3 is 9.64 Å². The van der Waals surface area contributed by atoms with Gasteiger partial charge in [-0.2, -0.15) is 0 Å². The number of carbonyl (C=O) groups excluding carboxylic acids is 1. The van der Waals surface area contributed by atoms with E-state index in [4.69, 9.17) is 16.3 Å². The van der Waals surface area contributed by atoms with Gasteiger partial charge in [0.05, 0.1) is 6.61 Å². The average Bonchev–Trinajstić information content (AvgIpc) is 3.36. The van der Waals surface area contributed by atoms with Crippen molar-refractivity contribution < 1.29 is 17.9 Å². The van der Waals surface area contributed by atoms with Gasteiger partial charge in [-0.1, -0.05) is 24.4 Å². The summed E-state index contributed by atoms with van der Waals surface area (Å²) in [6.07, 6.45) is 4.21. The first kappa shape index (κ1) is 18.5. The van der Waals surface area contributed by atoms with Gasteiger partial charge in [0.25, 0.3) is 0 Å². The van der Waals surface area contributed by atoms with Crippen LogP contribution in [0, 0.1) is 5.92 Å². The van der Waals surface area contributed by atoms with Crippen LogP contribution < -0.4 is 9.46 Å². The highest BCUT2D eigenvalue weighted by Crippen LogP contribution is 2.33. The molecule has 25 heavy (non-hydrogen) atoms. The van der Waals surface area contributed by atoms with Gasteiger partial charge in [0.1, 0.15) is 10.6 Å². The number of benzene rings is 1. The van der Waals surface area contributed by atoms with Gasteiger partial charge in [-0.05, 0) is 37.0 Å². The van der Waals surface area contributed by atoms with E-state index in [9.17, 15) is 13.2 Å². The predicted octanol–water partition coefficient (Wildman–Crippen LogP) is 2.42. The zero-order valence-corrected chi connectivity index (χ0v) is 15.8. The summed E-state index contributed by atoms with van der Waals surface area (Å²) in [4.78, 5) is 13.2. The molecule has 6 nitrogen and oxygen atoms in total. The van der Waals surface area contributed by atoms with E-state index in [0.29, 0.717) is 42.7 Å². The second-order valence-corrected chi connectivity index (χ2v) is 8.92. The van der Waals surface area contributed by atoms with E-state index in [1.807, 2.05) is 0 Å². The van der Waals surface area contributed by atoms with Crippen molar-refractivity contribution in [3.63, 3.8) is 0 Å². The fourth-order valence-electron chi connectivity index (χ4n) is 2.94. The number of halogens is 1. The molecule has 1 heterocycles. The molecule has 2 aliphatic rings. The van der Waals surface area contributed by atoms with Crippen molar-refractivity contribution in [1.82, 2.24) is 9.62 Å². The molecule has 1 amide bonds. The summed E-state index contributed by atoms with van der Waals surface area (Å²) in [6, 6.07) is 4.32. The molecule has 0 aromatic heterocycles. The number of amides is 1. The van der Waals surface area contributed by atoms with Crippen LogP contribution >= 0.6 is 11.6 Å². The van der Waals surface area contributed by atoms with E-state index < -0.39 is 10.0 Å². The molecular weight excluding hydrogens is 364 g/mol. The summed E-state index contributed by atoms with van der Waals surface area (Å²) in [7, 11) is -2.11. The summed E-state index contributed by atoms with van der Waals surface area (Å²) < 4.78 is 34.0. The van der Waals surface area contributed by atoms with Gasteiger partial charge in [-0.3, -0.25) is 4.79 Å². The molecule has 1 atom stereocenters. The molecular formula is C17H23ClN2O4S. The van der Waals surface area contributed by atoms with Crippen LogP contribution in [0.1, 0.15) is 32.1 Å². The second-order valence-electron chi connectivity index (χ2n) is 6.80. The lowest BCUT2D eigenvalue weighted by Crippen LogP contribution is -2.48. The van der Waals surface area contributed by atoms with Crippen molar-refractivity contribution >= 4 is 27.5 Å². The van der Waals surface area contributed by atoms with Crippen LogP contribution in [0.3, 0.4) is 0 Å². The van der Waals surface area contributed by atoms with Gasteiger partial charge in [0, 0.05) is 31.1 Å². The molecule has 0 spiro atoms. The van der Waals surface area contributed by atoms with Crippen molar-refractivity contribution in [3.8, 4) is 5.75 Å². The molecule has 1 aromatic carbocycles. The minimum atomic E-state index is -3.79. The molecule has 138 valence electrons. The van der Waals surface area contributed by atoms with Crippen molar-refractivity contribution in [1.29, 1.82) is 0 Å². The van der Waals surface area contributed by atoms with Gasteiger partial charge in [0.2, 0.25) is 15.9 Å². The summed E-state index contributed by atoms with van der Waals surface area (Å²) in [5.74, 6) is 1.06. The van der Waals surface area contributed by atoms with E-state index in [1.165, 1.54) is 18.9 Å². The maximum Gasteiger partial charge on any atom is 0.244 e. The molecule has 0 radical (unpaired) electrons. The fraction of sp³-hybridized carbons (Fsp3) is 0.588. The van der Waals surface area contributed by atoms with Gasteiger partial charge in [0.15, 0.2) is 0 Å². The summed E-state index contributed by atoms with van der Waals surface area (Å²) in [6.45, 7) is 0.853. The van der Waals surface area contributed by atoms with E-state index in [1.54, 1.807) is 24.1 Å². The quantitative estimate of drug-likeness (QED) is 0.780. The Balaban J connectivity index is 1.73. The van der Waals surface area contributed by atoms with Crippen molar-refractivity contribution in [2.75, 3.05) is 20.2 Å². The van der Waals surface area contributed by atoms with Crippen LogP contribution in [-0.2, 0) is 14.8 Å². The molecule has 2 fully saturated rings. The van der Waals surface area contributed by atoms with Crippen LogP contribution in [-0.4, -0.2) is 45.5 Å². The Morgan fingerprint density at radius 3 is 2.76 bits per heavy atom. The summed E-state index contributed by atoms with van der Waals surface area (Å²) >= 11 is 6.00. The smallest absolute Gasteiger partial charge is 0.244 e. The number of sulfonamides is 1. The second kappa shape index (κ2) is 7.51. The molecule has 8 heteroatoms. The highest BCUT2D eigenvalue weighted by atomic mass is 35.5. The summed E-state index contributed by atoms with van der Waals surface area (Å²) in [5.41, 5.74) is 0. The zero-order chi connectivity index (χ0) is 18.0. The lowest BCUT2D eigenvalue weighted by Gasteiger charge is -2.30. The molecule has 1 saturated carbocycles. The standard InChI is InChI=1S/C17H23ClN2O4S/c1-20-11-14(5-7-17(20)21)19-25(22,23)16-10-13(18)4-6-15(16)24-9-8-12-2-3-12/h4,6,10,12,14,19H,2-3,5,7-9,11H2,1H3/t14-/m0/s1. The Kier molecular flexibility index (Phi) is 5.55. The number of rotatable bonds is 7. The third-order valence-corrected chi connectivity index (χ3v) is 6.40. The minimum Gasteiger partial charge on any atom is -0.492 e. The molecule has 1 aromatic rings. The maximum absolute atomic E-state index is 12.8. The van der Waals surface area contributed by atoms with Crippen molar-refractivity contribution in [2.24, 2.45) is 5.92 Å². The van der Waals surface area contributed by atoms with Gasteiger partial charge >= 0.3 is 0 Å². The van der Waals surface area contributed by atoms with E-state index in [-0.39, 0.29) is 16.8 Å². The van der Waals surface area contributed by atoms with Crippen LogP contribution in [0.15, 0.2) is 23.1 Å². The Morgan fingerprint density at radius 2 is 2.08 bits per heavy atom. The molecule has 1 N–H and O–H groups in total. The van der Waals surface area contributed by atoms with E-state index in [0.717, 1.165) is 6.42 Å². The first-order chi connectivity index (χ1) is 11.8. The Hall–Kier alpha value is -1.31. The number of ether oxygens (including phenoxy) is 1. The molecule has 1 saturated heterocycles. The summed E-state index contributed by atoms with van der Waals surface area (Å²) in [5, 5.41) is 0.339. The number of nitrogens with one attached hydrogen (secondary N) is 1. The molecule has 1 aliphatic heterocycles. The van der Waals surface area contributed by atoms with Crippen LogP contribution in [0.2, 0.25) is 5.02 Å². The van der Waals surface area contributed by atoms with Crippen LogP contribution in [0.5, 0.6) is 5.75 Å². The normalized spacial score (nSPS) is 21.4. The highest BCUT2D eigenvalue weighted by molar-refractivity contribution is 7.89. The zero-order valence-electron chi connectivity index (χ0n) is 14.2. The Morgan fingerprint density at radius 1 is 1.32 bits per heavy atom. The molecule has 0 unspecified atom stereocenters. The monoisotopic (exact) mass is 386 g/mol. The Labute approximate surface area is 153 Å². The van der Waals surface area contributed by atoms with E-state index >= 15 is 0 Å². The van der Waals surface area contributed by atoms with Crippen LogP contribution in [0.25, 0.3) is 0 Å². The third-order valence-electron chi connectivity index (χ3n) is 4.62. The van der Waals surface area contributed by atoms with Gasteiger partial charge in [-0.15, -0.1) is 0 Å². The van der Waals surface area contributed by atoms with Gasteiger partial charge in [-0.25, -0.2) is 13.1 Å². The largest absolute Gasteiger partial charge is 0.492 e. The lowest BCUT2D eigenvalue weighted by atomic mass is 10.1. The minimum absolute atomic E-state index is 0.0299. The molecule has 0 bridgehead atoms. The maximum atomic E-state index is 12.8. The number of nitrogens with zero attached hydrogens (tertiary/aromatic N) is 1. The molecule has 1 aliphatic carbocycles. The fourth-order valence-corrected chi connectivity index (χ4v) is 4.61. The number of carbonyl (C=O) groups is 1. The first-order valence-electron chi connectivity index (χ1n) is 8.54.